The lowest BCUT2D eigenvalue weighted by atomic mass is 10.1. The van der Waals surface area contributed by atoms with E-state index in [1.807, 2.05) is 18.2 Å². The molecule has 0 aliphatic rings. The molecule has 0 atom stereocenters. The number of hydrogen-bond acceptors (Lipinski definition) is 2. The molecule has 0 unspecified atom stereocenters. The zero-order chi connectivity index (χ0) is 20.9. The van der Waals surface area contributed by atoms with Crippen LogP contribution in [0.3, 0.4) is 0 Å². The number of carbonyl (C=O) groups excluding carboxylic acids is 1. The van der Waals surface area contributed by atoms with Crippen molar-refractivity contribution in [3.05, 3.63) is 89.7 Å². The van der Waals surface area contributed by atoms with Gasteiger partial charge in [-0.25, -0.2) is 9.18 Å². The minimum atomic E-state index is -4.66. The fraction of sp³-hybridized carbons (Fsp3) is 0.0952. The van der Waals surface area contributed by atoms with Gasteiger partial charge in [0.05, 0.1) is 5.56 Å². The molecular formula is C21H16F4N2O2. The maximum atomic E-state index is 13.4. The molecule has 0 aromatic heterocycles. The molecule has 3 aromatic carbocycles. The Bertz CT molecular complexity index is 974. The molecule has 0 saturated heterocycles. The van der Waals surface area contributed by atoms with Gasteiger partial charge >= 0.3 is 12.2 Å². The van der Waals surface area contributed by atoms with Gasteiger partial charge in [-0.05, 0) is 60.2 Å². The highest BCUT2D eigenvalue weighted by molar-refractivity contribution is 5.89. The molecule has 150 valence electrons. The van der Waals surface area contributed by atoms with Crippen LogP contribution in [0.15, 0.2) is 72.8 Å². The highest BCUT2D eigenvalue weighted by atomic mass is 19.4. The standard InChI is InChI=1S/C21H16F4N2O2/c22-16-11-14(10-15(12-16)21(23,24)25)13-26-20(28)27-17-6-8-19(9-7-17)29-18-4-2-1-3-5-18/h1-12H,13H2,(H2,26,27,28). The quantitative estimate of drug-likeness (QED) is 0.516. The molecule has 0 aliphatic carbocycles. The van der Waals surface area contributed by atoms with E-state index in [0.717, 1.165) is 12.1 Å². The zero-order valence-electron chi connectivity index (χ0n) is 15.0. The van der Waals surface area contributed by atoms with E-state index in [4.69, 9.17) is 4.74 Å². The number of amides is 2. The van der Waals surface area contributed by atoms with Gasteiger partial charge in [-0.15, -0.1) is 0 Å². The van der Waals surface area contributed by atoms with E-state index in [9.17, 15) is 22.4 Å². The predicted molar refractivity (Wildman–Crippen MR) is 100 cm³/mol. The minimum Gasteiger partial charge on any atom is -0.457 e. The Kier molecular flexibility index (Phi) is 6.01. The first-order valence-corrected chi connectivity index (χ1v) is 8.54. The lowest BCUT2D eigenvalue weighted by Gasteiger charge is -2.11. The minimum absolute atomic E-state index is 0.000848. The smallest absolute Gasteiger partial charge is 0.416 e. The highest BCUT2D eigenvalue weighted by Crippen LogP contribution is 2.30. The van der Waals surface area contributed by atoms with E-state index in [1.54, 1.807) is 36.4 Å². The fourth-order valence-electron chi connectivity index (χ4n) is 2.50. The second-order valence-corrected chi connectivity index (χ2v) is 6.09. The Hall–Kier alpha value is -3.55. The molecule has 0 spiro atoms. The first-order chi connectivity index (χ1) is 13.8. The zero-order valence-corrected chi connectivity index (χ0v) is 15.0. The van der Waals surface area contributed by atoms with Crippen LogP contribution in [0.4, 0.5) is 28.0 Å². The van der Waals surface area contributed by atoms with Crippen LogP contribution in [-0.4, -0.2) is 6.03 Å². The number of ether oxygens (including phenoxy) is 1. The Morgan fingerprint density at radius 3 is 2.21 bits per heavy atom. The SMILES string of the molecule is O=C(NCc1cc(F)cc(C(F)(F)F)c1)Nc1ccc(Oc2ccccc2)cc1. The summed E-state index contributed by atoms with van der Waals surface area (Å²) in [5.74, 6) is 0.215. The van der Waals surface area contributed by atoms with E-state index < -0.39 is 23.6 Å². The van der Waals surface area contributed by atoms with Crippen LogP contribution in [0, 0.1) is 5.82 Å². The summed E-state index contributed by atoms with van der Waals surface area (Å²) in [5.41, 5.74) is -0.652. The number of alkyl halides is 3. The summed E-state index contributed by atoms with van der Waals surface area (Å²) >= 11 is 0. The van der Waals surface area contributed by atoms with Crippen molar-refractivity contribution in [1.29, 1.82) is 0 Å². The molecule has 29 heavy (non-hydrogen) atoms. The van der Waals surface area contributed by atoms with Gasteiger partial charge in [-0.3, -0.25) is 0 Å². The molecular weight excluding hydrogens is 388 g/mol. The third kappa shape index (κ3) is 5.97. The summed E-state index contributed by atoms with van der Waals surface area (Å²) in [4.78, 5) is 12.0. The van der Waals surface area contributed by atoms with E-state index in [2.05, 4.69) is 10.6 Å². The summed E-state index contributed by atoms with van der Waals surface area (Å²) < 4.78 is 57.2. The second-order valence-electron chi connectivity index (χ2n) is 6.09. The molecule has 3 aromatic rings. The number of halogens is 4. The van der Waals surface area contributed by atoms with Crippen molar-refractivity contribution in [3.8, 4) is 11.5 Å². The average molecular weight is 404 g/mol. The van der Waals surface area contributed by atoms with Crippen molar-refractivity contribution >= 4 is 11.7 Å². The van der Waals surface area contributed by atoms with Gasteiger partial charge in [0.1, 0.15) is 17.3 Å². The number of hydrogen-bond donors (Lipinski definition) is 2. The monoisotopic (exact) mass is 404 g/mol. The average Bonchev–Trinajstić information content (AvgIpc) is 2.68. The fourth-order valence-corrected chi connectivity index (χ4v) is 2.50. The molecule has 2 N–H and O–H groups in total. The van der Waals surface area contributed by atoms with Gasteiger partial charge in [-0.2, -0.15) is 13.2 Å². The molecule has 3 rings (SSSR count). The summed E-state index contributed by atoms with van der Waals surface area (Å²) in [6.07, 6.45) is -4.66. The maximum Gasteiger partial charge on any atom is 0.416 e. The van der Waals surface area contributed by atoms with E-state index >= 15 is 0 Å². The highest BCUT2D eigenvalue weighted by Gasteiger charge is 2.31. The third-order valence-corrected chi connectivity index (χ3v) is 3.83. The molecule has 0 fully saturated rings. The molecule has 0 aliphatic heterocycles. The van der Waals surface area contributed by atoms with Crippen molar-refractivity contribution in [2.24, 2.45) is 0 Å². The van der Waals surface area contributed by atoms with Gasteiger partial charge in [0.15, 0.2) is 0 Å². The van der Waals surface area contributed by atoms with Crippen LogP contribution in [-0.2, 0) is 12.7 Å². The van der Waals surface area contributed by atoms with E-state index in [-0.39, 0.29) is 12.1 Å². The Morgan fingerprint density at radius 2 is 1.55 bits per heavy atom. The number of anilines is 1. The normalized spacial score (nSPS) is 11.0. The van der Waals surface area contributed by atoms with Crippen LogP contribution in [0.1, 0.15) is 11.1 Å². The van der Waals surface area contributed by atoms with Crippen molar-refractivity contribution in [3.63, 3.8) is 0 Å². The molecule has 0 heterocycles. The number of urea groups is 1. The largest absolute Gasteiger partial charge is 0.457 e. The van der Waals surface area contributed by atoms with Crippen LogP contribution in [0.25, 0.3) is 0 Å². The van der Waals surface area contributed by atoms with Crippen LogP contribution >= 0.6 is 0 Å². The number of nitrogens with one attached hydrogen (secondary N) is 2. The molecule has 4 nitrogen and oxygen atoms in total. The Labute approximate surface area is 164 Å². The lowest BCUT2D eigenvalue weighted by Crippen LogP contribution is -2.28. The number of rotatable bonds is 5. The van der Waals surface area contributed by atoms with Crippen molar-refractivity contribution < 1.29 is 27.1 Å². The van der Waals surface area contributed by atoms with Gasteiger partial charge in [0, 0.05) is 12.2 Å². The third-order valence-electron chi connectivity index (χ3n) is 3.83. The maximum absolute atomic E-state index is 13.4. The van der Waals surface area contributed by atoms with Crippen LogP contribution < -0.4 is 15.4 Å². The van der Waals surface area contributed by atoms with Gasteiger partial charge < -0.3 is 15.4 Å². The number of para-hydroxylation sites is 1. The molecule has 0 bridgehead atoms. The molecule has 2 amide bonds. The summed E-state index contributed by atoms with van der Waals surface area (Å²) in [6.45, 7) is -0.262. The van der Waals surface area contributed by atoms with Crippen molar-refractivity contribution in [2.75, 3.05) is 5.32 Å². The second kappa shape index (κ2) is 8.64. The first kappa shape index (κ1) is 20.2. The summed E-state index contributed by atoms with van der Waals surface area (Å²) in [5, 5.41) is 4.93. The molecule has 8 heteroatoms. The summed E-state index contributed by atoms with van der Waals surface area (Å²) in [7, 11) is 0. The number of carbonyl (C=O) groups is 1. The number of benzene rings is 3. The predicted octanol–water partition coefficient (Wildman–Crippen LogP) is 5.96. The lowest BCUT2D eigenvalue weighted by molar-refractivity contribution is -0.137. The van der Waals surface area contributed by atoms with Crippen molar-refractivity contribution in [2.45, 2.75) is 12.7 Å². The van der Waals surface area contributed by atoms with Gasteiger partial charge in [-0.1, -0.05) is 18.2 Å². The van der Waals surface area contributed by atoms with Crippen molar-refractivity contribution in [1.82, 2.24) is 5.32 Å². The van der Waals surface area contributed by atoms with Crippen LogP contribution in [0.5, 0.6) is 11.5 Å². The Morgan fingerprint density at radius 1 is 0.897 bits per heavy atom. The van der Waals surface area contributed by atoms with E-state index in [0.29, 0.717) is 23.3 Å². The molecule has 0 radical (unpaired) electrons. The first-order valence-electron chi connectivity index (χ1n) is 8.54. The molecule has 0 saturated carbocycles. The van der Waals surface area contributed by atoms with Crippen LogP contribution in [0.2, 0.25) is 0 Å². The van der Waals surface area contributed by atoms with E-state index in [1.165, 1.54) is 0 Å². The Balaban J connectivity index is 1.55. The topological polar surface area (TPSA) is 50.4 Å². The van der Waals surface area contributed by atoms with Gasteiger partial charge in [0.2, 0.25) is 0 Å². The van der Waals surface area contributed by atoms with Gasteiger partial charge in [0.25, 0.3) is 0 Å². The summed E-state index contributed by atoms with van der Waals surface area (Å²) in [6, 6.07) is 17.2.